The Morgan fingerprint density at radius 1 is 0.977 bits per heavy atom. The molecule has 5 aliphatic rings. The quantitative estimate of drug-likeness (QED) is 0.152. The van der Waals surface area contributed by atoms with Gasteiger partial charge in [-0.05, 0) is 85.6 Å². The van der Waals surface area contributed by atoms with Crippen LogP contribution in [-0.2, 0) is 16.1 Å². The number of urea groups is 1. The van der Waals surface area contributed by atoms with Gasteiger partial charge in [0.05, 0.1) is 18.8 Å². The van der Waals surface area contributed by atoms with Crippen molar-refractivity contribution < 1.29 is 24.1 Å². The third kappa shape index (κ3) is 6.20. The summed E-state index contributed by atoms with van der Waals surface area (Å²) in [5.41, 5.74) is 3.29. The molecule has 5 fully saturated rings. The number of rotatable bonds is 8. The summed E-state index contributed by atoms with van der Waals surface area (Å²) in [5.74, 6) is 2.84. The number of aromatic nitrogens is 1. The molecule has 1 aliphatic heterocycles. The summed E-state index contributed by atoms with van der Waals surface area (Å²) >= 11 is 1.47. The molecule has 0 spiro atoms. The summed E-state index contributed by atoms with van der Waals surface area (Å²) in [6, 6.07) is 20.8. The summed E-state index contributed by atoms with van der Waals surface area (Å²) in [6.45, 7) is 2.09. The summed E-state index contributed by atoms with van der Waals surface area (Å²) in [5, 5.41) is 29.0. The van der Waals surface area contributed by atoms with E-state index in [2.05, 4.69) is 17.6 Å². The maximum absolute atomic E-state index is 13.3. The Morgan fingerprint density at radius 2 is 1.70 bits per heavy atom. The second-order valence-corrected chi connectivity index (χ2v) is 14.4. The van der Waals surface area contributed by atoms with Gasteiger partial charge in [0.2, 0.25) is 0 Å². The number of ether oxygens (including phenoxy) is 2. The van der Waals surface area contributed by atoms with Crippen LogP contribution in [-0.4, -0.2) is 28.5 Å². The van der Waals surface area contributed by atoms with Crippen molar-refractivity contribution in [2.45, 2.75) is 81.1 Å². The average Bonchev–Trinajstić information content (AvgIpc) is 3.00. The highest BCUT2D eigenvalue weighted by Gasteiger charge is 2.51. The van der Waals surface area contributed by atoms with Gasteiger partial charge in [0.15, 0.2) is 12.5 Å². The maximum atomic E-state index is 13.3. The number of carbonyl (C=O) groups excluding carboxylic acids is 1. The van der Waals surface area contributed by atoms with Crippen molar-refractivity contribution in [3.63, 3.8) is 0 Å². The Balaban J connectivity index is 1.08. The SMILES string of the molecule is C[C@@H]1[C@H](CSc2cccc[n+]2[O-])O[C@H](c2cccc(NC(=O)NC34CC5CC(CC(C5)C3)C4)c2)O[C@@H]1c1ccc(CO)cc1. The largest absolute Gasteiger partial charge is 0.618 e. The zero-order chi connectivity index (χ0) is 30.3. The van der Waals surface area contributed by atoms with Crippen LogP contribution < -0.4 is 15.4 Å². The van der Waals surface area contributed by atoms with Gasteiger partial charge >= 0.3 is 6.03 Å². The number of pyridine rings is 1. The number of carbonyl (C=O) groups is 1. The van der Waals surface area contributed by atoms with Crippen molar-refractivity contribution >= 4 is 23.5 Å². The molecule has 4 atom stereocenters. The van der Waals surface area contributed by atoms with Crippen LogP contribution in [0.4, 0.5) is 10.5 Å². The van der Waals surface area contributed by atoms with E-state index in [1.165, 1.54) is 37.2 Å². The van der Waals surface area contributed by atoms with Gasteiger partial charge in [-0.1, -0.05) is 55.1 Å². The zero-order valence-electron chi connectivity index (χ0n) is 25.1. The standard InChI is InChI=1S/C35H41N3O5S/c1-22-30(21-44-31-7-2-3-12-38(31)41)42-33(43-32(22)27-10-8-23(20-39)9-11-27)28-5-4-6-29(16-28)36-34(40)37-35-17-24-13-25(18-35)15-26(14-24)19-35/h2-12,16,22,24-26,30,32-33,39H,13-15,17-21H2,1H3,(H2,36,37,40)/t22-,24?,25?,26?,30+,32+,33+,35?/m1/s1. The van der Waals surface area contributed by atoms with E-state index >= 15 is 0 Å². The Labute approximate surface area is 263 Å². The Kier molecular flexibility index (Phi) is 8.31. The fraction of sp³-hybridized carbons (Fsp3) is 0.486. The fourth-order valence-electron chi connectivity index (χ4n) is 8.43. The van der Waals surface area contributed by atoms with Crippen molar-refractivity contribution in [1.29, 1.82) is 0 Å². The molecule has 3 N–H and O–H groups in total. The first kappa shape index (κ1) is 29.6. The van der Waals surface area contributed by atoms with E-state index in [4.69, 9.17) is 9.47 Å². The fourth-order valence-corrected chi connectivity index (χ4v) is 9.51. The third-order valence-electron chi connectivity index (χ3n) is 10.1. The van der Waals surface area contributed by atoms with Crippen LogP contribution in [0.3, 0.4) is 0 Å². The highest BCUT2D eigenvalue weighted by Crippen LogP contribution is 2.55. The first-order valence-corrected chi connectivity index (χ1v) is 16.9. The lowest BCUT2D eigenvalue weighted by molar-refractivity contribution is -0.645. The Hall–Kier alpha value is -3.11. The number of thioether (sulfide) groups is 1. The monoisotopic (exact) mass is 615 g/mol. The van der Waals surface area contributed by atoms with Crippen LogP contribution in [0.5, 0.6) is 0 Å². The number of hydrogen-bond acceptors (Lipinski definition) is 6. The van der Waals surface area contributed by atoms with Crippen molar-refractivity contribution in [2.75, 3.05) is 11.1 Å². The topological polar surface area (TPSA) is 107 Å². The van der Waals surface area contributed by atoms with Crippen molar-refractivity contribution in [2.24, 2.45) is 23.7 Å². The molecule has 4 bridgehead atoms. The number of benzene rings is 2. The first-order chi connectivity index (χ1) is 21.4. The zero-order valence-corrected chi connectivity index (χ0v) is 25.9. The van der Waals surface area contributed by atoms with E-state index in [-0.39, 0.29) is 36.3 Å². The van der Waals surface area contributed by atoms with Crippen LogP contribution in [0.2, 0.25) is 0 Å². The van der Waals surface area contributed by atoms with Crippen LogP contribution in [0.15, 0.2) is 78.0 Å². The predicted octanol–water partition coefficient (Wildman–Crippen LogP) is 6.49. The van der Waals surface area contributed by atoms with Crippen LogP contribution in [0.25, 0.3) is 0 Å². The van der Waals surface area contributed by atoms with E-state index in [0.29, 0.717) is 16.5 Å². The van der Waals surface area contributed by atoms with Crippen molar-refractivity contribution in [3.05, 3.63) is 94.8 Å². The number of amides is 2. The van der Waals surface area contributed by atoms with Crippen molar-refractivity contribution in [3.8, 4) is 0 Å². The predicted molar refractivity (Wildman–Crippen MR) is 169 cm³/mol. The lowest BCUT2D eigenvalue weighted by atomic mass is 9.53. The van der Waals surface area contributed by atoms with Gasteiger partial charge < -0.3 is 30.4 Å². The molecule has 8 rings (SSSR count). The molecule has 3 aromatic rings. The molecule has 2 aromatic carbocycles. The van der Waals surface area contributed by atoms with Crippen LogP contribution in [0.1, 0.15) is 74.5 Å². The van der Waals surface area contributed by atoms with Gasteiger partial charge in [0, 0.05) is 40.6 Å². The molecular formula is C35H41N3O5S. The van der Waals surface area contributed by atoms with Gasteiger partial charge in [-0.3, -0.25) is 0 Å². The summed E-state index contributed by atoms with van der Waals surface area (Å²) in [7, 11) is 0. The van der Waals surface area contributed by atoms with E-state index in [9.17, 15) is 15.1 Å². The minimum Gasteiger partial charge on any atom is -0.618 e. The molecule has 8 nitrogen and oxygen atoms in total. The maximum Gasteiger partial charge on any atom is 0.319 e. The van der Waals surface area contributed by atoms with E-state index in [0.717, 1.165) is 58.4 Å². The molecule has 4 saturated carbocycles. The number of nitrogens with zero attached hydrogens (tertiary/aromatic N) is 1. The lowest BCUT2D eigenvalue weighted by Crippen LogP contribution is -2.60. The second-order valence-electron chi connectivity index (χ2n) is 13.4. The normalized spacial score (nSPS) is 32.4. The van der Waals surface area contributed by atoms with Gasteiger partial charge in [0.25, 0.3) is 5.03 Å². The molecule has 9 heteroatoms. The first-order valence-electron chi connectivity index (χ1n) is 15.9. The third-order valence-corrected chi connectivity index (χ3v) is 11.2. The number of aliphatic hydroxyl groups excluding tert-OH is 1. The van der Waals surface area contributed by atoms with Crippen molar-refractivity contribution in [1.82, 2.24) is 5.32 Å². The molecule has 1 aromatic heterocycles. The molecular weight excluding hydrogens is 574 g/mol. The van der Waals surface area contributed by atoms with Gasteiger partial charge in [-0.15, -0.1) is 0 Å². The van der Waals surface area contributed by atoms with Gasteiger partial charge in [0.1, 0.15) is 0 Å². The molecule has 4 aliphatic carbocycles. The second kappa shape index (κ2) is 12.4. The van der Waals surface area contributed by atoms with Gasteiger partial charge in [-0.25, -0.2) is 4.79 Å². The average molecular weight is 616 g/mol. The summed E-state index contributed by atoms with van der Waals surface area (Å²) in [4.78, 5) is 13.3. The molecule has 2 amide bonds. The Bertz CT molecular complexity index is 1450. The minimum atomic E-state index is -0.664. The van der Waals surface area contributed by atoms with E-state index in [1.807, 2.05) is 60.7 Å². The number of anilines is 1. The highest BCUT2D eigenvalue weighted by atomic mass is 32.2. The number of aliphatic hydroxyl groups is 1. The lowest BCUT2D eigenvalue weighted by Gasteiger charge is -2.56. The molecule has 2 heterocycles. The highest BCUT2D eigenvalue weighted by molar-refractivity contribution is 7.99. The molecule has 232 valence electrons. The minimum absolute atomic E-state index is 0.00472. The van der Waals surface area contributed by atoms with E-state index < -0.39 is 6.29 Å². The number of nitrogens with one attached hydrogen (secondary N) is 2. The van der Waals surface area contributed by atoms with Crippen LogP contribution >= 0.6 is 11.8 Å². The summed E-state index contributed by atoms with van der Waals surface area (Å²) in [6.07, 6.45) is 7.66. The molecule has 44 heavy (non-hydrogen) atoms. The molecule has 1 saturated heterocycles. The summed E-state index contributed by atoms with van der Waals surface area (Å²) < 4.78 is 14.1. The smallest absolute Gasteiger partial charge is 0.319 e. The Morgan fingerprint density at radius 3 is 2.39 bits per heavy atom. The van der Waals surface area contributed by atoms with Crippen LogP contribution in [0, 0.1) is 28.9 Å². The number of hydrogen-bond donors (Lipinski definition) is 3. The molecule has 0 radical (unpaired) electrons. The van der Waals surface area contributed by atoms with E-state index in [1.54, 1.807) is 6.07 Å². The molecule has 0 unspecified atom stereocenters. The van der Waals surface area contributed by atoms with Gasteiger partial charge in [-0.2, -0.15) is 4.73 Å².